The standard InChI is InChI=1S/C11H15NO3/c1-3-8(2)7-15-10-5-4-9(6-12-10)11(13)14/h4-6,8H,3,7H2,1-2H3,(H,13,14)/t8-/m0/s1. The lowest BCUT2D eigenvalue weighted by Gasteiger charge is -2.09. The van der Waals surface area contributed by atoms with Gasteiger partial charge in [-0.3, -0.25) is 0 Å². The summed E-state index contributed by atoms with van der Waals surface area (Å²) in [5.74, 6) is -0.0257. The second-order valence-electron chi connectivity index (χ2n) is 3.51. The van der Waals surface area contributed by atoms with Crippen molar-refractivity contribution < 1.29 is 14.6 Å². The van der Waals surface area contributed by atoms with Crippen LogP contribution >= 0.6 is 0 Å². The van der Waals surface area contributed by atoms with Gasteiger partial charge in [-0.15, -0.1) is 0 Å². The molecule has 0 aromatic carbocycles. The normalized spacial score (nSPS) is 12.1. The van der Waals surface area contributed by atoms with Crippen LogP contribution in [0.25, 0.3) is 0 Å². The van der Waals surface area contributed by atoms with E-state index in [1.807, 2.05) is 0 Å². The summed E-state index contributed by atoms with van der Waals surface area (Å²) in [7, 11) is 0. The molecule has 0 spiro atoms. The second kappa shape index (κ2) is 5.34. The lowest BCUT2D eigenvalue weighted by molar-refractivity contribution is 0.0696. The molecule has 1 heterocycles. The summed E-state index contributed by atoms with van der Waals surface area (Å²) in [6.45, 7) is 4.79. The molecule has 0 aliphatic rings. The quantitative estimate of drug-likeness (QED) is 0.807. The summed E-state index contributed by atoms with van der Waals surface area (Å²) in [4.78, 5) is 14.4. The van der Waals surface area contributed by atoms with E-state index in [0.29, 0.717) is 18.4 Å². The molecule has 1 atom stereocenters. The highest BCUT2D eigenvalue weighted by molar-refractivity contribution is 5.87. The van der Waals surface area contributed by atoms with Crippen LogP contribution in [-0.4, -0.2) is 22.7 Å². The third kappa shape index (κ3) is 3.58. The second-order valence-corrected chi connectivity index (χ2v) is 3.51. The number of hydrogen-bond acceptors (Lipinski definition) is 3. The summed E-state index contributed by atoms with van der Waals surface area (Å²) >= 11 is 0. The topological polar surface area (TPSA) is 59.4 Å². The van der Waals surface area contributed by atoms with Crippen molar-refractivity contribution in [3.05, 3.63) is 23.9 Å². The highest BCUT2D eigenvalue weighted by Crippen LogP contribution is 2.10. The molecule has 0 aliphatic heterocycles. The first-order valence-corrected chi connectivity index (χ1v) is 4.95. The van der Waals surface area contributed by atoms with Crippen molar-refractivity contribution in [1.82, 2.24) is 4.98 Å². The van der Waals surface area contributed by atoms with Crippen LogP contribution in [0.3, 0.4) is 0 Å². The van der Waals surface area contributed by atoms with E-state index in [2.05, 4.69) is 18.8 Å². The number of carboxylic acids is 1. The Hall–Kier alpha value is -1.58. The fourth-order valence-corrected chi connectivity index (χ4v) is 0.938. The van der Waals surface area contributed by atoms with Crippen molar-refractivity contribution in [2.75, 3.05) is 6.61 Å². The molecule has 0 amide bonds. The average Bonchev–Trinajstić information content (AvgIpc) is 2.26. The van der Waals surface area contributed by atoms with E-state index < -0.39 is 5.97 Å². The number of rotatable bonds is 5. The Morgan fingerprint density at radius 3 is 2.80 bits per heavy atom. The molecule has 0 unspecified atom stereocenters. The molecule has 0 radical (unpaired) electrons. The molecule has 0 aliphatic carbocycles. The van der Waals surface area contributed by atoms with Crippen molar-refractivity contribution in [3.8, 4) is 5.88 Å². The van der Waals surface area contributed by atoms with Gasteiger partial charge in [-0.1, -0.05) is 20.3 Å². The number of nitrogens with zero attached hydrogens (tertiary/aromatic N) is 1. The molecule has 0 saturated carbocycles. The van der Waals surface area contributed by atoms with Crippen molar-refractivity contribution in [1.29, 1.82) is 0 Å². The van der Waals surface area contributed by atoms with Crippen LogP contribution in [0.2, 0.25) is 0 Å². The number of ether oxygens (including phenoxy) is 1. The molecular formula is C11H15NO3. The van der Waals surface area contributed by atoms with Gasteiger partial charge in [0.05, 0.1) is 12.2 Å². The van der Waals surface area contributed by atoms with E-state index >= 15 is 0 Å². The van der Waals surface area contributed by atoms with Crippen LogP contribution in [-0.2, 0) is 0 Å². The van der Waals surface area contributed by atoms with Gasteiger partial charge in [0, 0.05) is 12.3 Å². The molecular weight excluding hydrogens is 194 g/mol. The van der Waals surface area contributed by atoms with Crippen molar-refractivity contribution in [2.24, 2.45) is 5.92 Å². The van der Waals surface area contributed by atoms with Gasteiger partial charge in [-0.25, -0.2) is 9.78 Å². The molecule has 15 heavy (non-hydrogen) atoms. The van der Waals surface area contributed by atoms with E-state index in [1.54, 1.807) is 6.07 Å². The maximum Gasteiger partial charge on any atom is 0.337 e. The number of hydrogen-bond donors (Lipinski definition) is 1. The van der Waals surface area contributed by atoms with Gasteiger partial charge in [0.1, 0.15) is 0 Å². The third-order valence-electron chi connectivity index (χ3n) is 2.20. The monoisotopic (exact) mass is 209 g/mol. The van der Waals surface area contributed by atoms with Crippen LogP contribution in [0.15, 0.2) is 18.3 Å². The van der Waals surface area contributed by atoms with Crippen LogP contribution in [0.1, 0.15) is 30.6 Å². The molecule has 0 bridgehead atoms. The van der Waals surface area contributed by atoms with Gasteiger partial charge in [0.2, 0.25) is 5.88 Å². The fourth-order valence-electron chi connectivity index (χ4n) is 0.938. The predicted molar refractivity (Wildman–Crippen MR) is 56.1 cm³/mol. The van der Waals surface area contributed by atoms with Crippen molar-refractivity contribution in [3.63, 3.8) is 0 Å². The molecule has 1 aromatic heterocycles. The van der Waals surface area contributed by atoms with Crippen LogP contribution in [0, 0.1) is 5.92 Å². The summed E-state index contributed by atoms with van der Waals surface area (Å²) < 4.78 is 5.39. The minimum atomic E-state index is -0.976. The Labute approximate surface area is 88.9 Å². The summed E-state index contributed by atoms with van der Waals surface area (Å²) in [5, 5.41) is 8.65. The Kier molecular flexibility index (Phi) is 4.09. The minimum absolute atomic E-state index is 0.172. The van der Waals surface area contributed by atoms with Gasteiger partial charge in [-0.05, 0) is 12.0 Å². The zero-order chi connectivity index (χ0) is 11.3. The highest BCUT2D eigenvalue weighted by atomic mass is 16.5. The first kappa shape index (κ1) is 11.5. The van der Waals surface area contributed by atoms with Gasteiger partial charge in [0.15, 0.2) is 0 Å². The maximum atomic E-state index is 10.5. The van der Waals surface area contributed by atoms with Crippen molar-refractivity contribution in [2.45, 2.75) is 20.3 Å². The number of carboxylic acid groups (broad SMARTS) is 1. The van der Waals surface area contributed by atoms with Gasteiger partial charge < -0.3 is 9.84 Å². The van der Waals surface area contributed by atoms with Crippen LogP contribution in [0.5, 0.6) is 5.88 Å². The maximum absolute atomic E-state index is 10.5. The zero-order valence-electron chi connectivity index (χ0n) is 8.93. The number of pyridine rings is 1. The molecule has 4 nitrogen and oxygen atoms in total. The predicted octanol–water partition coefficient (Wildman–Crippen LogP) is 2.20. The molecule has 0 fully saturated rings. The Morgan fingerprint density at radius 2 is 2.33 bits per heavy atom. The Balaban J connectivity index is 2.53. The SMILES string of the molecule is CC[C@H](C)COc1ccc(C(=O)O)cn1. The molecule has 0 saturated heterocycles. The molecule has 1 N–H and O–H groups in total. The van der Waals surface area contributed by atoms with E-state index in [-0.39, 0.29) is 5.56 Å². The van der Waals surface area contributed by atoms with E-state index in [4.69, 9.17) is 9.84 Å². The molecule has 1 aromatic rings. The number of aromatic nitrogens is 1. The minimum Gasteiger partial charge on any atom is -0.478 e. The highest BCUT2D eigenvalue weighted by Gasteiger charge is 2.04. The van der Waals surface area contributed by atoms with Gasteiger partial charge in [-0.2, -0.15) is 0 Å². The smallest absolute Gasteiger partial charge is 0.337 e. The molecule has 4 heteroatoms. The van der Waals surface area contributed by atoms with Crippen molar-refractivity contribution >= 4 is 5.97 Å². The molecule has 82 valence electrons. The molecule has 1 rings (SSSR count). The first-order valence-electron chi connectivity index (χ1n) is 4.95. The largest absolute Gasteiger partial charge is 0.478 e. The summed E-state index contributed by atoms with van der Waals surface area (Å²) in [5.41, 5.74) is 0.172. The van der Waals surface area contributed by atoms with Crippen LogP contribution < -0.4 is 4.74 Å². The third-order valence-corrected chi connectivity index (χ3v) is 2.20. The van der Waals surface area contributed by atoms with Gasteiger partial charge in [0.25, 0.3) is 0 Å². The average molecular weight is 209 g/mol. The number of carbonyl (C=O) groups is 1. The van der Waals surface area contributed by atoms with E-state index in [9.17, 15) is 4.79 Å². The summed E-state index contributed by atoms with van der Waals surface area (Å²) in [6.07, 6.45) is 2.35. The lowest BCUT2D eigenvalue weighted by Crippen LogP contribution is -2.08. The Bertz CT molecular complexity index is 321. The zero-order valence-corrected chi connectivity index (χ0v) is 8.93. The van der Waals surface area contributed by atoms with Crippen LogP contribution in [0.4, 0.5) is 0 Å². The van der Waals surface area contributed by atoms with E-state index in [0.717, 1.165) is 6.42 Å². The van der Waals surface area contributed by atoms with Gasteiger partial charge >= 0.3 is 5.97 Å². The first-order chi connectivity index (χ1) is 7.13. The Morgan fingerprint density at radius 1 is 1.60 bits per heavy atom. The fraction of sp³-hybridized carbons (Fsp3) is 0.455. The number of aromatic carboxylic acids is 1. The van der Waals surface area contributed by atoms with E-state index in [1.165, 1.54) is 12.3 Å². The summed E-state index contributed by atoms with van der Waals surface area (Å²) in [6, 6.07) is 3.06. The lowest BCUT2D eigenvalue weighted by atomic mass is 10.1.